The lowest BCUT2D eigenvalue weighted by atomic mass is 10.2. The summed E-state index contributed by atoms with van der Waals surface area (Å²) in [7, 11) is 0. The number of amides is 1. The Hall–Kier alpha value is -1.00. The zero-order valence-corrected chi connectivity index (χ0v) is 13.6. The van der Waals surface area contributed by atoms with Crippen LogP contribution < -0.4 is 5.32 Å². The van der Waals surface area contributed by atoms with Crippen LogP contribution in [0.2, 0.25) is 0 Å². The van der Waals surface area contributed by atoms with Crippen molar-refractivity contribution in [1.29, 1.82) is 0 Å². The van der Waals surface area contributed by atoms with Gasteiger partial charge in [0, 0.05) is 18.2 Å². The Kier molecular flexibility index (Phi) is 7.10. The van der Waals surface area contributed by atoms with E-state index in [1.54, 1.807) is 6.07 Å². The molecule has 1 aromatic heterocycles. The maximum absolute atomic E-state index is 12.2. The van der Waals surface area contributed by atoms with E-state index in [0.717, 1.165) is 31.6 Å². The number of rotatable bonds is 8. The summed E-state index contributed by atoms with van der Waals surface area (Å²) in [6.07, 6.45) is 0.893. The highest BCUT2D eigenvalue weighted by molar-refractivity contribution is 6.17. The van der Waals surface area contributed by atoms with Crippen molar-refractivity contribution in [3.05, 3.63) is 23.2 Å². The maximum atomic E-state index is 12.2. The topological polar surface area (TPSA) is 45.5 Å². The van der Waals surface area contributed by atoms with Gasteiger partial charge in [0.15, 0.2) is 5.76 Å². The molecule has 0 aromatic carbocycles. The molecule has 0 bridgehead atoms. The molecular weight excluding hydrogens is 276 g/mol. The Balaban J connectivity index is 2.66. The van der Waals surface area contributed by atoms with Crippen molar-refractivity contribution >= 4 is 17.5 Å². The van der Waals surface area contributed by atoms with Gasteiger partial charge in [-0.1, -0.05) is 20.8 Å². The van der Waals surface area contributed by atoms with Gasteiger partial charge in [0.05, 0.1) is 5.88 Å². The third kappa shape index (κ3) is 4.53. The van der Waals surface area contributed by atoms with Crippen LogP contribution in [0.1, 0.15) is 49.1 Å². The molecule has 1 unspecified atom stereocenters. The molecule has 1 heterocycles. The van der Waals surface area contributed by atoms with E-state index >= 15 is 0 Å². The van der Waals surface area contributed by atoms with Gasteiger partial charge in [0.1, 0.15) is 5.76 Å². The van der Waals surface area contributed by atoms with Gasteiger partial charge in [0.2, 0.25) is 0 Å². The van der Waals surface area contributed by atoms with Crippen molar-refractivity contribution in [2.75, 3.05) is 19.6 Å². The first-order valence-corrected chi connectivity index (χ1v) is 7.77. The van der Waals surface area contributed by atoms with Crippen LogP contribution in [0.4, 0.5) is 0 Å². The molecule has 0 aliphatic rings. The number of nitrogens with zero attached hydrogens (tertiary/aromatic N) is 1. The molecule has 1 amide bonds. The van der Waals surface area contributed by atoms with E-state index in [4.69, 9.17) is 16.0 Å². The molecule has 1 rings (SSSR count). The van der Waals surface area contributed by atoms with E-state index in [-0.39, 0.29) is 11.9 Å². The van der Waals surface area contributed by atoms with Gasteiger partial charge in [-0.05, 0) is 32.5 Å². The maximum Gasteiger partial charge on any atom is 0.287 e. The number of hydrogen-bond donors (Lipinski definition) is 1. The van der Waals surface area contributed by atoms with Crippen LogP contribution in [0.25, 0.3) is 0 Å². The number of furan rings is 1. The molecule has 1 N–H and O–H groups in total. The Bertz CT molecular complexity index is 428. The highest BCUT2D eigenvalue weighted by Crippen LogP contribution is 2.16. The smallest absolute Gasteiger partial charge is 0.287 e. The molecule has 0 radical (unpaired) electrons. The lowest BCUT2D eigenvalue weighted by Crippen LogP contribution is -2.43. The number of halogens is 1. The zero-order valence-electron chi connectivity index (χ0n) is 12.8. The average molecular weight is 301 g/mol. The van der Waals surface area contributed by atoms with Crippen molar-refractivity contribution in [2.45, 2.75) is 46.0 Å². The first kappa shape index (κ1) is 17.1. The number of aryl methyl sites for hydroxylation is 1. The van der Waals surface area contributed by atoms with Crippen LogP contribution in [-0.2, 0) is 5.88 Å². The Morgan fingerprint density at radius 1 is 1.40 bits per heavy atom. The van der Waals surface area contributed by atoms with E-state index in [2.05, 4.69) is 31.0 Å². The van der Waals surface area contributed by atoms with Gasteiger partial charge in [-0.2, -0.15) is 0 Å². The summed E-state index contributed by atoms with van der Waals surface area (Å²) < 4.78 is 5.46. The molecule has 0 spiro atoms. The molecule has 0 aliphatic carbocycles. The van der Waals surface area contributed by atoms with Crippen molar-refractivity contribution < 1.29 is 9.21 Å². The van der Waals surface area contributed by atoms with E-state index in [9.17, 15) is 4.79 Å². The molecule has 0 fully saturated rings. The highest BCUT2D eigenvalue weighted by atomic mass is 35.5. The van der Waals surface area contributed by atoms with Crippen LogP contribution >= 0.6 is 11.6 Å². The monoisotopic (exact) mass is 300 g/mol. The standard InChI is InChI=1S/C15H25ClN2O2/c1-5-13(10-18(6-2)7-3)17-15(19)14-8-12(9-16)11(4)20-14/h8,13H,5-7,9-10H2,1-4H3,(H,17,19). The second-order valence-corrected chi connectivity index (χ2v) is 5.16. The van der Waals surface area contributed by atoms with E-state index < -0.39 is 0 Å². The first-order chi connectivity index (χ1) is 9.55. The Labute approximate surface area is 126 Å². The average Bonchev–Trinajstić information content (AvgIpc) is 2.84. The SMILES string of the molecule is CCC(CN(CC)CC)NC(=O)c1cc(CCl)c(C)o1. The third-order valence-electron chi connectivity index (χ3n) is 3.59. The summed E-state index contributed by atoms with van der Waals surface area (Å²) in [5.41, 5.74) is 0.869. The highest BCUT2D eigenvalue weighted by Gasteiger charge is 2.18. The minimum absolute atomic E-state index is 0.132. The van der Waals surface area contributed by atoms with Gasteiger partial charge in [-0.25, -0.2) is 0 Å². The van der Waals surface area contributed by atoms with Crippen LogP contribution in [-0.4, -0.2) is 36.5 Å². The van der Waals surface area contributed by atoms with Crippen molar-refractivity contribution in [3.8, 4) is 0 Å². The number of carbonyl (C=O) groups excluding carboxylic acids is 1. The third-order valence-corrected chi connectivity index (χ3v) is 3.88. The lowest BCUT2D eigenvalue weighted by molar-refractivity contribution is 0.0895. The zero-order chi connectivity index (χ0) is 15.1. The van der Waals surface area contributed by atoms with Crippen LogP contribution in [0.3, 0.4) is 0 Å². The molecule has 114 valence electrons. The second-order valence-electron chi connectivity index (χ2n) is 4.89. The summed E-state index contributed by atoms with van der Waals surface area (Å²) in [6.45, 7) is 11.0. The molecular formula is C15H25ClN2O2. The van der Waals surface area contributed by atoms with Gasteiger partial charge >= 0.3 is 0 Å². The number of carbonyl (C=O) groups is 1. The molecule has 1 atom stereocenters. The summed E-state index contributed by atoms with van der Waals surface area (Å²) in [5, 5.41) is 3.03. The van der Waals surface area contributed by atoms with E-state index in [1.165, 1.54) is 0 Å². The van der Waals surface area contributed by atoms with Gasteiger partial charge < -0.3 is 14.6 Å². The number of nitrogens with one attached hydrogen (secondary N) is 1. The molecule has 0 saturated heterocycles. The number of hydrogen-bond acceptors (Lipinski definition) is 3. The normalized spacial score (nSPS) is 12.7. The quantitative estimate of drug-likeness (QED) is 0.750. The van der Waals surface area contributed by atoms with Gasteiger partial charge in [-0.3, -0.25) is 4.79 Å². The lowest BCUT2D eigenvalue weighted by Gasteiger charge is -2.24. The van der Waals surface area contributed by atoms with Gasteiger partial charge in [-0.15, -0.1) is 11.6 Å². The number of alkyl halides is 1. The minimum atomic E-state index is -0.163. The van der Waals surface area contributed by atoms with Crippen molar-refractivity contribution in [3.63, 3.8) is 0 Å². The fourth-order valence-corrected chi connectivity index (χ4v) is 2.36. The Morgan fingerprint density at radius 2 is 2.05 bits per heavy atom. The molecule has 0 saturated carbocycles. The molecule has 0 aliphatic heterocycles. The molecule has 1 aromatic rings. The predicted octanol–water partition coefficient (Wildman–Crippen LogP) is 3.18. The fourth-order valence-electron chi connectivity index (χ4n) is 2.09. The minimum Gasteiger partial charge on any atom is -0.456 e. The summed E-state index contributed by atoms with van der Waals surface area (Å²) in [4.78, 5) is 14.5. The molecule has 5 heteroatoms. The first-order valence-electron chi connectivity index (χ1n) is 7.24. The summed E-state index contributed by atoms with van der Waals surface area (Å²) >= 11 is 5.79. The van der Waals surface area contributed by atoms with E-state index in [1.807, 2.05) is 6.92 Å². The molecule has 20 heavy (non-hydrogen) atoms. The fraction of sp³-hybridized carbons (Fsp3) is 0.667. The van der Waals surface area contributed by atoms with Gasteiger partial charge in [0.25, 0.3) is 5.91 Å². The second kappa shape index (κ2) is 8.32. The van der Waals surface area contributed by atoms with E-state index in [0.29, 0.717) is 17.4 Å². The van der Waals surface area contributed by atoms with Crippen LogP contribution in [0, 0.1) is 6.92 Å². The molecule has 4 nitrogen and oxygen atoms in total. The largest absolute Gasteiger partial charge is 0.456 e. The van der Waals surface area contributed by atoms with Crippen molar-refractivity contribution in [1.82, 2.24) is 10.2 Å². The van der Waals surface area contributed by atoms with Crippen molar-refractivity contribution in [2.24, 2.45) is 0 Å². The Morgan fingerprint density at radius 3 is 2.50 bits per heavy atom. The summed E-state index contributed by atoms with van der Waals surface area (Å²) in [5.74, 6) is 1.25. The van der Waals surface area contributed by atoms with Crippen LogP contribution in [0.5, 0.6) is 0 Å². The summed E-state index contributed by atoms with van der Waals surface area (Å²) in [6, 6.07) is 1.86. The predicted molar refractivity (Wildman–Crippen MR) is 82.3 cm³/mol. The van der Waals surface area contributed by atoms with Crippen LogP contribution in [0.15, 0.2) is 10.5 Å². The number of likely N-dealkylation sites (N-methyl/N-ethyl adjacent to an activating group) is 1.